The maximum absolute atomic E-state index is 12.8. The lowest BCUT2D eigenvalue weighted by Gasteiger charge is -2.09. The zero-order valence-corrected chi connectivity index (χ0v) is 14.1. The number of imidazole rings is 1. The second-order valence-electron chi connectivity index (χ2n) is 5.18. The fourth-order valence-corrected chi connectivity index (χ4v) is 3.11. The first-order valence-electron chi connectivity index (χ1n) is 7.55. The van der Waals surface area contributed by atoms with Crippen molar-refractivity contribution in [3.05, 3.63) is 66.9 Å². The number of amides is 1. The van der Waals surface area contributed by atoms with Crippen LogP contribution < -0.4 is 5.32 Å². The molecule has 0 aromatic carbocycles. The van der Waals surface area contributed by atoms with Crippen molar-refractivity contribution in [2.24, 2.45) is 0 Å². The number of carbonyl (C=O) groups excluding carboxylic acids is 1. The number of thioether (sulfide) groups is 1. The predicted molar refractivity (Wildman–Crippen MR) is 96.3 cm³/mol. The van der Waals surface area contributed by atoms with E-state index in [2.05, 4.69) is 20.4 Å². The summed E-state index contributed by atoms with van der Waals surface area (Å²) < 4.78 is 3.51. The molecule has 0 radical (unpaired) electrons. The van der Waals surface area contributed by atoms with E-state index in [1.54, 1.807) is 41.5 Å². The summed E-state index contributed by atoms with van der Waals surface area (Å²) in [6, 6.07) is 11.0. The SMILES string of the molecule is CSc1nc(C(=O)Nc2cccnc2-n2cccn2)c2ccccn12. The monoisotopic (exact) mass is 350 g/mol. The van der Waals surface area contributed by atoms with Crippen molar-refractivity contribution >= 4 is 28.9 Å². The van der Waals surface area contributed by atoms with E-state index in [9.17, 15) is 4.79 Å². The summed E-state index contributed by atoms with van der Waals surface area (Å²) in [5.74, 6) is 0.264. The number of hydrogen-bond acceptors (Lipinski definition) is 5. The molecule has 0 saturated heterocycles. The number of pyridine rings is 2. The van der Waals surface area contributed by atoms with Crippen LogP contribution in [0.15, 0.2) is 66.3 Å². The Balaban J connectivity index is 1.73. The molecule has 1 amide bonds. The Morgan fingerprint density at radius 2 is 2.04 bits per heavy atom. The average molecular weight is 350 g/mol. The van der Waals surface area contributed by atoms with E-state index in [1.807, 2.05) is 35.1 Å². The fraction of sp³-hybridized carbons (Fsp3) is 0.0588. The largest absolute Gasteiger partial charge is 0.317 e. The van der Waals surface area contributed by atoms with Crippen LogP contribution in [0.3, 0.4) is 0 Å². The molecule has 8 heteroatoms. The third kappa shape index (κ3) is 2.76. The first-order chi connectivity index (χ1) is 12.3. The molecule has 4 heterocycles. The molecule has 4 aromatic heterocycles. The molecule has 4 rings (SSSR count). The van der Waals surface area contributed by atoms with Gasteiger partial charge in [-0.25, -0.2) is 14.6 Å². The van der Waals surface area contributed by atoms with Gasteiger partial charge in [-0.1, -0.05) is 17.8 Å². The van der Waals surface area contributed by atoms with E-state index < -0.39 is 0 Å². The van der Waals surface area contributed by atoms with Gasteiger partial charge in [-0.2, -0.15) is 5.10 Å². The molecule has 0 aliphatic heterocycles. The molecule has 25 heavy (non-hydrogen) atoms. The van der Waals surface area contributed by atoms with Crippen LogP contribution in [0.2, 0.25) is 0 Å². The summed E-state index contributed by atoms with van der Waals surface area (Å²) in [5, 5.41) is 7.83. The zero-order valence-electron chi connectivity index (χ0n) is 13.3. The van der Waals surface area contributed by atoms with E-state index >= 15 is 0 Å². The standard InChI is InChI=1S/C17H14N6OS/c1-25-17-21-14(13-7-2-3-10-22(13)17)16(24)20-12-6-4-8-18-15(12)23-11-5-9-19-23/h2-11H,1H3,(H,20,24). The Morgan fingerprint density at radius 1 is 1.12 bits per heavy atom. The molecule has 0 unspecified atom stereocenters. The maximum Gasteiger partial charge on any atom is 0.276 e. The van der Waals surface area contributed by atoms with Crippen molar-refractivity contribution in [1.82, 2.24) is 24.1 Å². The number of nitrogens with zero attached hydrogens (tertiary/aromatic N) is 5. The Hall–Kier alpha value is -3.13. The van der Waals surface area contributed by atoms with Gasteiger partial charge >= 0.3 is 0 Å². The Morgan fingerprint density at radius 3 is 2.84 bits per heavy atom. The molecule has 0 fully saturated rings. The number of aromatic nitrogens is 5. The van der Waals surface area contributed by atoms with E-state index in [4.69, 9.17) is 0 Å². The molecule has 0 atom stereocenters. The van der Waals surface area contributed by atoms with Crippen LogP contribution in [0.4, 0.5) is 5.69 Å². The second-order valence-corrected chi connectivity index (χ2v) is 5.96. The van der Waals surface area contributed by atoms with Crippen molar-refractivity contribution in [2.45, 2.75) is 5.16 Å². The number of rotatable bonds is 4. The van der Waals surface area contributed by atoms with Gasteiger partial charge in [0.2, 0.25) is 0 Å². The predicted octanol–water partition coefficient (Wildman–Crippen LogP) is 2.89. The van der Waals surface area contributed by atoms with Crippen molar-refractivity contribution in [2.75, 3.05) is 11.6 Å². The van der Waals surface area contributed by atoms with Gasteiger partial charge in [0.1, 0.15) is 0 Å². The molecule has 1 N–H and O–H groups in total. The highest BCUT2D eigenvalue weighted by molar-refractivity contribution is 7.98. The van der Waals surface area contributed by atoms with Crippen LogP contribution in [0.25, 0.3) is 11.3 Å². The van der Waals surface area contributed by atoms with Gasteiger partial charge in [0, 0.05) is 24.8 Å². The Kier molecular flexibility index (Phi) is 3.95. The number of anilines is 1. The minimum absolute atomic E-state index is 0.287. The summed E-state index contributed by atoms with van der Waals surface area (Å²) >= 11 is 1.49. The first-order valence-corrected chi connectivity index (χ1v) is 8.78. The first kappa shape index (κ1) is 15.4. The van der Waals surface area contributed by atoms with Crippen molar-refractivity contribution in [3.8, 4) is 5.82 Å². The lowest BCUT2D eigenvalue weighted by Crippen LogP contribution is -2.15. The minimum Gasteiger partial charge on any atom is -0.317 e. The van der Waals surface area contributed by atoms with Crippen molar-refractivity contribution in [1.29, 1.82) is 0 Å². The molecule has 0 aliphatic rings. The van der Waals surface area contributed by atoms with Gasteiger partial charge < -0.3 is 5.32 Å². The van der Waals surface area contributed by atoms with Gasteiger partial charge in [-0.3, -0.25) is 9.20 Å². The van der Waals surface area contributed by atoms with Gasteiger partial charge in [0.15, 0.2) is 16.7 Å². The van der Waals surface area contributed by atoms with Crippen LogP contribution in [0.5, 0.6) is 0 Å². The average Bonchev–Trinajstić information content (AvgIpc) is 3.30. The van der Waals surface area contributed by atoms with Crippen LogP contribution >= 0.6 is 11.8 Å². The number of fused-ring (bicyclic) bond motifs is 1. The van der Waals surface area contributed by atoms with E-state index in [0.717, 1.165) is 10.7 Å². The van der Waals surface area contributed by atoms with E-state index in [0.29, 0.717) is 17.2 Å². The fourth-order valence-electron chi connectivity index (χ4n) is 2.57. The van der Waals surface area contributed by atoms with Gasteiger partial charge in [-0.15, -0.1) is 0 Å². The number of hydrogen-bond donors (Lipinski definition) is 1. The quantitative estimate of drug-likeness (QED) is 0.573. The molecule has 124 valence electrons. The van der Waals surface area contributed by atoms with E-state index in [1.165, 1.54) is 11.8 Å². The van der Waals surface area contributed by atoms with Gasteiger partial charge in [-0.05, 0) is 36.6 Å². The summed E-state index contributed by atoms with van der Waals surface area (Å²) in [5.41, 5.74) is 1.70. The third-order valence-corrected chi connectivity index (χ3v) is 4.32. The minimum atomic E-state index is -0.287. The lowest BCUT2D eigenvalue weighted by molar-refractivity contribution is 0.102. The van der Waals surface area contributed by atoms with Crippen LogP contribution in [0, 0.1) is 0 Å². The number of carbonyl (C=O) groups is 1. The highest BCUT2D eigenvalue weighted by Crippen LogP contribution is 2.22. The van der Waals surface area contributed by atoms with Gasteiger partial charge in [0.05, 0.1) is 11.2 Å². The normalized spacial score (nSPS) is 10.9. The highest BCUT2D eigenvalue weighted by Gasteiger charge is 2.18. The summed E-state index contributed by atoms with van der Waals surface area (Å²) in [7, 11) is 0. The topological polar surface area (TPSA) is 77.1 Å². The zero-order chi connectivity index (χ0) is 17.2. The lowest BCUT2D eigenvalue weighted by atomic mass is 10.3. The Bertz CT molecular complexity index is 1040. The highest BCUT2D eigenvalue weighted by atomic mass is 32.2. The molecular weight excluding hydrogens is 336 g/mol. The molecular formula is C17H14N6OS. The van der Waals surface area contributed by atoms with Crippen molar-refractivity contribution < 1.29 is 4.79 Å². The summed E-state index contributed by atoms with van der Waals surface area (Å²) in [4.78, 5) is 21.6. The molecule has 7 nitrogen and oxygen atoms in total. The molecule has 0 saturated carbocycles. The van der Waals surface area contributed by atoms with Crippen LogP contribution in [-0.4, -0.2) is 36.3 Å². The van der Waals surface area contributed by atoms with E-state index in [-0.39, 0.29) is 5.91 Å². The smallest absolute Gasteiger partial charge is 0.276 e. The summed E-state index contributed by atoms with van der Waals surface area (Å²) in [6.45, 7) is 0. The third-order valence-electron chi connectivity index (χ3n) is 3.67. The number of nitrogens with one attached hydrogen (secondary N) is 1. The molecule has 4 aromatic rings. The second kappa shape index (κ2) is 6.40. The Labute approximate surface area is 147 Å². The van der Waals surface area contributed by atoms with Crippen LogP contribution in [0.1, 0.15) is 10.5 Å². The molecule has 0 spiro atoms. The molecule has 0 bridgehead atoms. The van der Waals surface area contributed by atoms with Gasteiger partial charge in [0.25, 0.3) is 5.91 Å². The summed E-state index contributed by atoms with van der Waals surface area (Å²) in [6.07, 6.45) is 8.92. The maximum atomic E-state index is 12.8. The van der Waals surface area contributed by atoms with Crippen molar-refractivity contribution in [3.63, 3.8) is 0 Å². The molecule has 0 aliphatic carbocycles. The van der Waals surface area contributed by atoms with Crippen LogP contribution in [-0.2, 0) is 0 Å².